The number of thioether (sulfide) groups is 1. The molecule has 0 saturated heterocycles. The van der Waals surface area contributed by atoms with Crippen molar-refractivity contribution >= 4 is 17.7 Å². The van der Waals surface area contributed by atoms with Gasteiger partial charge >= 0.3 is 0 Å². The van der Waals surface area contributed by atoms with E-state index in [4.69, 9.17) is 4.42 Å². The van der Waals surface area contributed by atoms with Crippen LogP contribution in [0.2, 0.25) is 0 Å². The summed E-state index contributed by atoms with van der Waals surface area (Å²) < 4.78 is 6.01. The number of amides is 1. The molecule has 4 bridgehead atoms. The highest BCUT2D eigenvalue weighted by atomic mass is 32.2. The predicted octanol–water partition coefficient (Wildman–Crippen LogP) is 3.54. The molecule has 6 heteroatoms. The zero-order valence-corrected chi connectivity index (χ0v) is 15.4. The topological polar surface area (TPSA) is 68.0 Å². The lowest BCUT2D eigenvalue weighted by molar-refractivity contribution is -0.119. The van der Waals surface area contributed by atoms with Crippen LogP contribution in [0.4, 0.5) is 0 Å². The Morgan fingerprint density at radius 2 is 1.88 bits per heavy atom. The molecule has 5 rings (SSSR count). The lowest BCUT2D eigenvalue weighted by Crippen LogP contribution is -2.48. The van der Waals surface area contributed by atoms with Gasteiger partial charge in [0, 0.05) is 11.5 Å². The summed E-state index contributed by atoms with van der Waals surface area (Å²) in [7, 11) is 0. The molecule has 24 heavy (non-hydrogen) atoms. The molecule has 4 aliphatic rings. The van der Waals surface area contributed by atoms with Gasteiger partial charge in [-0.2, -0.15) is 0 Å². The second-order valence-electron chi connectivity index (χ2n) is 8.24. The van der Waals surface area contributed by atoms with Crippen LogP contribution in [0.25, 0.3) is 0 Å². The van der Waals surface area contributed by atoms with Crippen LogP contribution in [0.1, 0.15) is 64.7 Å². The fraction of sp³-hybridized carbons (Fsp3) is 0.833. The van der Waals surface area contributed by atoms with Gasteiger partial charge in [0.2, 0.25) is 11.8 Å². The van der Waals surface area contributed by atoms with E-state index in [2.05, 4.69) is 22.4 Å². The number of rotatable bonds is 6. The molecule has 0 aliphatic heterocycles. The van der Waals surface area contributed by atoms with Crippen molar-refractivity contribution in [3.63, 3.8) is 0 Å². The van der Waals surface area contributed by atoms with Gasteiger partial charge < -0.3 is 9.73 Å². The Balaban J connectivity index is 1.39. The van der Waals surface area contributed by atoms with Crippen LogP contribution in [-0.4, -0.2) is 27.9 Å². The number of nitrogens with one attached hydrogen (secondary N) is 1. The van der Waals surface area contributed by atoms with E-state index in [0.717, 1.165) is 30.1 Å². The molecule has 1 aromatic rings. The fourth-order valence-electron chi connectivity index (χ4n) is 5.40. The minimum atomic E-state index is 0.0314. The zero-order valence-electron chi connectivity index (χ0n) is 14.6. The van der Waals surface area contributed by atoms with Crippen molar-refractivity contribution in [2.75, 3.05) is 5.75 Å². The Morgan fingerprint density at radius 3 is 2.46 bits per heavy atom. The molecule has 4 aliphatic carbocycles. The van der Waals surface area contributed by atoms with E-state index in [-0.39, 0.29) is 17.4 Å². The molecule has 1 heterocycles. The van der Waals surface area contributed by atoms with Crippen LogP contribution in [0.5, 0.6) is 0 Å². The van der Waals surface area contributed by atoms with E-state index >= 15 is 0 Å². The summed E-state index contributed by atoms with van der Waals surface area (Å²) in [6.07, 6.45) is 8.83. The highest BCUT2D eigenvalue weighted by Gasteiger charge is 2.54. The second-order valence-corrected chi connectivity index (χ2v) is 9.16. The summed E-state index contributed by atoms with van der Waals surface area (Å²) in [4.78, 5) is 11.9. The molecule has 4 saturated carbocycles. The van der Waals surface area contributed by atoms with Gasteiger partial charge in [0.15, 0.2) is 0 Å². The third-order valence-electron chi connectivity index (χ3n) is 6.24. The van der Waals surface area contributed by atoms with Crippen molar-refractivity contribution in [1.82, 2.24) is 15.5 Å². The van der Waals surface area contributed by atoms with Gasteiger partial charge in [0.1, 0.15) is 0 Å². The van der Waals surface area contributed by atoms with Crippen LogP contribution in [-0.2, 0) is 10.2 Å². The van der Waals surface area contributed by atoms with Gasteiger partial charge in [-0.1, -0.05) is 18.7 Å². The van der Waals surface area contributed by atoms with Crippen molar-refractivity contribution in [2.24, 2.45) is 17.8 Å². The number of carbonyl (C=O) groups is 1. The average Bonchev–Trinajstić information content (AvgIpc) is 3.01. The molecule has 0 spiro atoms. The minimum absolute atomic E-state index is 0.0314. The van der Waals surface area contributed by atoms with Gasteiger partial charge in [-0.25, -0.2) is 0 Å². The standard InChI is InChI=1S/C18H27N3O2S/c1-3-11(2)19-15(22)10-24-17-21-20-16(23-17)18-7-12-4-13(8-18)6-14(5-12)9-18/h11-14H,3-10H2,1-2H3,(H,19,22)/t11-,12?,13?,14?,18?/m1/s1. The number of carbonyl (C=O) groups excluding carboxylic acids is 1. The summed E-state index contributed by atoms with van der Waals surface area (Å²) in [5.74, 6) is 3.80. The smallest absolute Gasteiger partial charge is 0.277 e. The lowest BCUT2D eigenvalue weighted by Gasteiger charge is -2.55. The molecule has 1 amide bonds. The molecule has 5 nitrogen and oxygen atoms in total. The van der Waals surface area contributed by atoms with Crippen LogP contribution in [0.3, 0.4) is 0 Å². The molecule has 0 radical (unpaired) electrons. The maximum absolute atomic E-state index is 11.9. The number of aromatic nitrogens is 2. The average molecular weight is 350 g/mol. The van der Waals surface area contributed by atoms with E-state index in [1.807, 2.05) is 6.92 Å². The molecule has 4 fully saturated rings. The normalized spacial score (nSPS) is 35.2. The molecular weight excluding hydrogens is 322 g/mol. The van der Waals surface area contributed by atoms with Crippen LogP contribution < -0.4 is 5.32 Å². The molecule has 1 atom stereocenters. The first kappa shape index (κ1) is 16.4. The van der Waals surface area contributed by atoms with E-state index < -0.39 is 0 Å². The van der Waals surface area contributed by atoms with Gasteiger partial charge in [-0.3, -0.25) is 4.79 Å². The summed E-state index contributed by atoms with van der Waals surface area (Å²) in [6, 6.07) is 0.211. The van der Waals surface area contributed by atoms with Crippen molar-refractivity contribution in [3.05, 3.63) is 5.89 Å². The number of hydrogen-bond acceptors (Lipinski definition) is 5. The Bertz CT molecular complexity index is 580. The van der Waals surface area contributed by atoms with E-state index in [1.165, 1.54) is 50.3 Å². The van der Waals surface area contributed by atoms with Crippen molar-refractivity contribution in [2.45, 2.75) is 75.5 Å². The van der Waals surface area contributed by atoms with Crippen LogP contribution in [0, 0.1) is 17.8 Å². The van der Waals surface area contributed by atoms with Gasteiger partial charge in [-0.05, 0) is 69.6 Å². The summed E-state index contributed by atoms with van der Waals surface area (Å²) in [6.45, 7) is 4.08. The van der Waals surface area contributed by atoms with Crippen LogP contribution >= 0.6 is 11.8 Å². The SMILES string of the molecule is CC[C@@H](C)NC(=O)CSc1nnc(C23CC4CC(CC(C4)C2)C3)o1. The van der Waals surface area contributed by atoms with Crippen molar-refractivity contribution in [1.29, 1.82) is 0 Å². The van der Waals surface area contributed by atoms with Crippen molar-refractivity contribution < 1.29 is 9.21 Å². The van der Waals surface area contributed by atoms with Gasteiger partial charge in [0.05, 0.1) is 5.75 Å². The molecular formula is C18H27N3O2S. The first-order chi connectivity index (χ1) is 11.6. The monoisotopic (exact) mass is 349 g/mol. The highest BCUT2D eigenvalue weighted by molar-refractivity contribution is 7.99. The zero-order chi connectivity index (χ0) is 16.7. The van der Waals surface area contributed by atoms with Gasteiger partial charge in [0.25, 0.3) is 5.22 Å². The first-order valence-corrected chi connectivity index (χ1v) is 10.3. The largest absolute Gasteiger partial charge is 0.415 e. The van der Waals surface area contributed by atoms with Gasteiger partial charge in [-0.15, -0.1) is 10.2 Å². The fourth-order valence-corrected chi connectivity index (χ4v) is 5.98. The van der Waals surface area contributed by atoms with Crippen LogP contribution in [0.15, 0.2) is 9.64 Å². The first-order valence-electron chi connectivity index (χ1n) is 9.32. The van der Waals surface area contributed by atoms with E-state index in [0.29, 0.717) is 11.0 Å². The Hall–Kier alpha value is -1.04. The summed E-state index contributed by atoms with van der Waals surface area (Å²) in [5.41, 5.74) is 0.138. The number of nitrogens with zero attached hydrogens (tertiary/aromatic N) is 2. The maximum atomic E-state index is 11.9. The minimum Gasteiger partial charge on any atom is -0.415 e. The van der Waals surface area contributed by atoms with E-state index in [9.17, 15) is 4.79 Å². The van der Waals surface area contributed by atoms with Crippen molar-refractivity contribution in [3.8, 4) is 0 Å². The summed E-state index contributed by atoms with van der Waals surface area (Å²) >= 11 is 1.35. The lowest BCUT2D eigenvalue weighted by atomic mass is 9.49. The quantitative estimate of drug-likeness (QED) is 0.796. The molecule has 1 N–H and O–H groups in total. The second kappa shape index (κ2) is 6.36. The third-order valence-corrected chi connectivity index (χ3v) is 7.06. The third kappa shape index (κ3) is 3.09. The van der Waals surface area contributed by atoms with E-state index in [1.54, 1.807) is 0 Å². The summed E-state index contributed by atoms with van der Waals surface area (Å²) in [5, 5.41) is 12.1. The Labute approximate surface area is 147 Å². The highest BCUT2D eigenvalue weighted by Crippen LogP contribution is 2.60. The predicted molar refractivity (Wildman–Crippen MR) is 92.8 cm³/mol. The maximum Gasteiger partial charge on any atom is 0.277 e. The molecule has 0 aromatic carbocycles. The molecule has 132 valence electrons. The Kier molecular flexibility index (Phi) is 4.35. The molecule has 1 aromatic heterocycles. The Morgan fingerprint density at radius 1 is 1.25 bits per heavy atom. The number of hydrogen-bond donors (Lipinski definition) is 1. The molecule has 0 unspecified atom stereocenters.